The minimum atomic E-state index is -0.389. The van der Waals surface area contributed by atoms with Crippen LogP contribution in [0.4, 0.5) is 4.39 Å². The van der Waals surface area contributed by atoms with Gasteiger partial charge in [-0.1, -0.05) is 0 Å². The minimum Gasteiger partial charge on any atom is -0.504 e. The number of ether oxygens (including phenoxy) is 1. The molecule has 15 heavy (non-hydrogen) atoms. The van der Waals surface area contributed by atoms with Crippen LogP contribution in [0.25, 0.3) is 0 Å². The van der Waals surface area contributed by atoms with E-state index in [2.05, 4.69) is 21.2 Å². The molecule has 5 heteroatoms. The molecule has 0 aliphatic carbocycles. The molecule has 0 aliphatic rings. The molecule has 0 radical (unpaired) electrons. The first-order valence-corrected chi connectivity index (χ1v) is 5.29. The summed E-state index contributed by atoms with van der Waals surface area (Å²) in [5, 5.41) is 12.5. The van der Waals surface area contributed by atoms with Crippen LogP contribution in [-0.2, 0) is 6.42 Å². The summed E-state index contributed by atoms with van der Waals surface area (Å²) in [4.78, 5) is 0. The largest absolute Gasteiger partial charge is 0.504 e. The van der Waals surface area contributed by atoms with Crippen molar-refractivity contribution in [2.45, 2.75) is 6.42 Å². The number of phenols is 1. The zero-order valence-electron chi connectivity index (χ0n) is 8.60. The lowest BCUT2D eigenvalue weighted by molar-refractivity contribution is 0.364. The molecule has 0 unspecified atom stereocenters. The standard InChI is InChI=1S/C10H13BrFNO2/c1-13-4-3-6-9(12)7(11)5-8(14)10(6)15-2/h5,13-14H,3-4H2,1-2H3. The number of likely N-dealkylation sites (N-methyl/N-ethyl adjacent to an activating group) is 1. The summed E-state index contributed by atoms with van der Waals surface area (Å²) in [5.74, 6) is -0.247. The maximum Gasteiger partial charge on any atom is 0.166 e. The molecule has 2 N–H and O–H groups in total. The molecule has 0 saturated carbocycles. The molecule has 1 aromatic carbocycles. The van der Waals surface area contributed by atoms with Gasteiger partial charge in [0.1, 0.15) is 5.82 Å². The highest BCUT2D eigenvalue weighted by molar-refractivity contribution is 9.10. The third kappa shape index (κ3) is 2.60. The monoisotopic (exact) mass is 277 g/mol. The molecule has 0 bridgehead atoms. The Morgan fingerprint density at radius 3 is 2.80 bits per heavy atom. The summed E-state index contributed by atoms with van der Waals surface area (Å²) < 4.78 is 18.9. The second-order valence-electron chi connectivity index (χ2n) is 3.06. The zero-order chi connectivity index (χ0) is 11.4. The van der Waals surface area contributed by atoms with Crippen molar-refractivity contribution in [3.63, 3.8) is 0 Å². The SMILES string of the molecule is CNCCc1c(F)c(Br)cc(O)c1OC. The van der Waals surface area contributed by atoms with Gasteiger partial charge in [0.25, 0.3) is 0 Å². The van der Waals surface area contributed by atoms with Gasteiger partial charge in [-0.25, -0.2) is 4.39 Å². The smallest absolute Gasteiger partial charge is 0.166 e. The van der Waals surface area contributed by atoms with Gasteiger partial charge in [-0.15, -0.1) is 0 Å². The lowest BCUT2D eigenvalue weighted by atomic mass is 10.1. The van der Waals surface area contributed by atoms with E-state index in [1.54, 1.807) is 7.05 Å². The second kappa shape index (κ2) is 5.32. The van der Waals surface area contributed by atoms with Gasteiger partial charge >= 0.3 is 0 Å². The van der Waals surface area contributed by atoms with E-state index in [1.165, 1.54) is 13.2 Å². The van der Waals surface area contributed by atoms with E-state index in [1.807, 2.05) is 0 Å². The fraction of sp³-hybridized carbons (Fsp3) is 0.400. The molecule has 0 atom stereocenters. The molecule has 1 rings (SSSR count). The number of aromatic hydroxyl groups is 1. The van der Waals surface area contributed by atoms with Gasteiger partial charge in [-0.05, 0) is 35.9 Å². The van der Waals surface area contributed by atoms with E-state index in [0.29, 0.717) is 18.5 Å². The highest BCUT2D eigenvalue weighted by Gasteiger charge is 2.16. The van der Waals surface area contributed by atoms with Crippen molar-refractivity contribution in [3.8, 4) is 11.5 Å². The Hall–Kier alpha value is -0.810. The normalized spacial score (nSPS) is 10.4. The Morgan fingerprint density at radius 2 is 2.27 bits per heavy atom. The maximum absolute atomic E-state index is 13.7. The van der Waals surface area contributed by atoms with Crippen molar-refractivity contribution in [3.05, 3.63) is 21.9 Å². The molecule has 0 heterocycles. The lowest BCUT2D eigenvalue weighted by Gasteiger charge is -2.12. The Bertz CT molecular complexity index is 358. The number of methoxy groups -OCH3 is 1. The predicted octanol–water partition coefficient (Wildman–Crippen LogP) is 2.06. The Kier molecular flexibility index (Phi) is 4.35. The number of hydrogen-bond acceptors (Lipinski definition) is 3. The van der Waals surface area contributed by atoms with Crippen LogP contribution in [0.5, 0.6) is 11.5 Å². The predicted molar refractivity (Wildman–Crippen MR) is 59.9 cm³/mol. The van der Waals surface area contributed by atoms with Gasteiger partial charge in [0.2, 0.25) is 0 Å². The first-order valence-electron chi connectivity index (χ1n) is 4.50. The summed E-state index contributed by atoms with van der Waals surface area (Å²) in [6.07, 6.45) is 0.457. The van der Waals surface area contributed by atoms with E-state index in [4.69, 9.17) is 4.74 Å². The zero-order valence-corrected chi connectivity index (χ0v) is 10.2. The summed E-state index contributed by atoms with van der Waals surface area (Å²) in [6.45, 7) is 0.614. The van der Waals surface area contributed by atoms with Crippen molar-refractivity contribution in [2.24, 2.45) is 0 Å². The molecule has 0 aromatic heterocycles. The quantitative estimate of drug-likeness (QED) is 0.885. The Morgan fingerprint density at radius 1 is 1.60 bits per heavy atom. The number of phenolic OH excluding ortho intramolecular Hbond substituents is 1. The second-order valence-corrected chi connectivity index (χ2v) is 3.91. The molecule has 1 aromatic rings. The first-order chi connectivity index (χ1) is 7.11. The Labute approximate surface area is 96.4 Å². The number of benzene rings is 1. The first kappa shape index (κ1) is 12.3. The van der Waals surface area contributed by atoms with Gasteiger partial charge in [0, 0.05) is 11.6 Å². The number of hydrogen-bond donors (Lipinski definition) is 2. The van der Waals surface area contributed by atoms with Gasteiger partial charge in [0.05, 0.1) is 11.6 Å². The molecule has 0 fully saturated rings. The van der Waals surface area contributed by atoms with Crippen molar-refractivity contribution < 1.29 is 14.2 Å². The van der Waals surface area contributed by atoms with E-state index < -0.39 is 0 Å². The van der Waals surface area contributed by atoms with Crippen molar-refractivity contribution in [1.29, 1.82) is 0 Å². The average Bonchev–Trinajstić information content (AvgIpc) is 2.21. The molecule has 0 amide bonds. The summed E-state index contributed by atoms with van der Waals surface area (Å²) in [7, 11) is 3.19. The highest BCUT2D eigenvalue weighted by atomic mass is 79.9. The van der Waals surface area contributed by atoms with Crippen LogP contribution in [0.3, 0.4) is 0 Å². The number of halogens is 2. The van der Waals surface area contributed by atoms with Crippen LogP contribution in [0, 0.1) is 5.82 Å². The lowest BCUT2D eigenvalue weighted by Crippen LogP contribution is -2.12. The summed E-state index contributed by atoms with van der Waals surface area (Å²) >= 11 is 3.04. The maximum atomic E-state index is 13.7. The fourth-order valence-electron chi connectivity index (χ4n) is 1.35. The molecule has 0 spiro atoms. The molecule has 0 aliphatic heterocycles. The van der Waals surface area contributed by atoms with E-state index in [-0.39, 0.29) is 21.8 Å². The van der Waals surface area contributed by atoms with Gasteiger partial charge in [-0.3, -0.25) is 0 Å². The Balaban J connectivity index is 3.18. The molecule has 3 nitrogen and oxygen atoms in total. The molecule has 84 valence electrons. The van der Waals surface area contributed by atoms with Crippen LogP contribution >= 0.6 is 15.9 Å². The number of nitrogens with one attached hydrogen (secondary N) is 1. The van der Waals surface area contributed by atoms with Gasteiger partial charge < -0.3 is 15.2 Å². The van der Waals surface area contributed by atoms with Crippen molar-refractivity contribution in [2.75, 3.05) is 20.7 Å². The van der Waals surface area contributed by atoms with Crippen LogP contribution in [-0.4, -0.2) is 25.8 Å². The fourth-order valence-corrected chi connectivity index (χ4v) is 1.80. The van der Waals surface area contributed by atoms with Crippen LogP contribution < -0.4 is 10.1 Å². The average molecular weight is 278 g/mol. The third-order valence-corrected chi connectivity index (χ3v) is 2.65. The number of rotatable bonds is 4. The molecular formula is C10H13BrFNO2. The van der Waals surface area contributed by atoms with Crippen molar-refractivity contribution >= 4 is 15.9 Å². The minimum absolute atomic E-state index is 0.0584. The van der Waals surface area contributed by atoms with E-state index in [9.17, 15) is 9.50 Å². The summed E-state index contributed by atoms with van der Waals surface area (Å²) in [5.41, 5.74) is 0.374. The van der Waals surface area contributed by atoms with Crippen LogP contribution in [0.2, 0.25) is 0 Å². The third-order valence-electron chi connectivity index (χ3n) is 2.07. The molecular weight excluding hydrogens is 265 g/mol. The topological polar surface area (TPSA) is 41.5 Å². The van der Waals surface area contributed by atoms with Crippen LogP contribution in [0.15, 0.2) is 10.5 Å². The van der Waals surface area contributed by atoms with Gasteiger partial charge in [0.15, 0.2) is 11.5 Å². The van der Waals surface area contributed by atoms with E-state index >= 15 is 0 Å². The van der Waals surface area contributed by atoms with E-state index in [0.717, 1.165) is 0 Å². The highest BCUT2D eigenvalue weighted by Crippen LogP contribution is 2.36. The molecule has 0 saturated heterocycles. The van der Waals surface area contributed by atoms with Crippen molar-refractivity contribution in [1.82, 2.24) is 5.32 Å². The summed E-state index contributed by atoms with van der Waals surface area (Å²) in [6, 6.07) is 1.29. The van der Waals surface area contributed by atoms with Crippen LogP contribution in [0.1, 0.15) is 5.56 Å². The van der Waals surface area contributed by atoms with Gasteiger partial charge in [-0.2, -0.15) is 0 Å².